The first-order valence-corrected chi connectivity index (χ1v) is 8.31. The summed E-state index contributed by atoms with van der Waals surface area (Å²) in [7, 11) is 1.21. The second kappa shape index (κ2) is 6.85. The van der Waals surface area contributed by atoms with Gasteiger partial charge >= 0.3 is 12.3 Å². The van der Waals surface area contributed by atoms with Gasteiger partial charge in [0.1, 0.15) is 17.8 Å². The van der Waals surface area contributed by atoms with E-state index in [4.69, 9.17) is 9.47 Å². The lowest BCUT2D eigenvalue weighted by molar-refractivity contribution is -0.274. The molecular weight excluding hydrogens is 377 g/mol. The van der Waals surface area contributed by atoms with Gasteiger partial charge in [0.05, 0.1) is 19.3 Å². The number of ether oxygens (including phenoxy) is 3. The molecule has 0 bridgehead atoms. The molecule has 0 saturated carbocycles. The second-order valence-electron chi connectivity index (χ2n) is 6.99. The third-order valence-electron chi connectivity index (χ3n) is 4.47. The molecule has 0 saturated heterocycles. The summed E-state index contributed by atoms with van der Waals surface area (Å²) in [4.78, 5) is 23.3. The number of hydrogen-bond acceptors (Lipinski definition) is 5. The van der Waals surface area contributed by atoms with Crippen LogP contribution in [-0.4, -0.2) is 32.3 Å². The SMILES string of the molecule is COC(=O)c1cc(-c2cc(C=O)ccc2OC(F)(F)F)c2c(c1)C(C)(C)CO2. The van der Waals surface area contributed by atoms with Gasteiger partial charge in [0.2, 0.25) is 0 Å². The number of fused-ring (bicyclic) bond motifs is 1. The first kappa shape index (κ1) is 19.7. The molecule has 2 aromatic carbocycles. The van der Waals surface area contributed by atoms with Crippen molar-refractivity contribution in [2.75, 3.05) is 13.7 Å². The van der Waals surface area contributed by atoms with Gasteiger partial charge in [-0.3, -0.25) is 4.79 Å². The number of benzene rings is 2. The van der Waals surface area contributed by atoms with E-state index in [0.717, 1.165) is 6.07 Å². The van der Waals surface area contributed by atoms with Crippen LogP contribution in [0.4, 0.5) is 13.2 Å². The molecule has 0 aromatic heterocycles. The summed E-state index contributed by atoms with van der Waals surface area (Å²) in [6, 6.07) is 6.51. The Kier molecular flexibility index (Phi) is 4.82. The molecular formula is C20H17F3O5. The van der Waals surface area contributed by atoms with Crippen molar-refractivity contribution in [3.63, 3.8) is 0 Å². The van der Waals surface area contributed by atoms with Gasteiger partial charge in [-0.2, -0.15) is 0 Å². The van der Waals surface area contributed by atoms with Crippen LogP contribution < -0.4 is 9.47 Å². The third kappa shape index (κ3) is 3.67. The molecule has 1 aliphatic heterocycles. The van der Waals surface area contributed by atoms with Crippen LogP contribution in [-0.2, 0) is 10.2 Å². The Balaban J connectivity index is 2.30. The zero-order valence-electron chi connectivity index (χ0n) is 15.3. The van der Waals surface area contributed by atoms with Crippen LogP contribution in [0.2, 0.25) is 0 Å². The molecule has 0 atom stereocenters. The molecule has 0 radical (unpaired) electrons. The average Bonchev–Trinajstić information content (AvgIpc) is 2.94. The second-order valence-corrected chi connectivity index (χ2v) is 6.99. The molecule has 0 unspecified atom stereocenters. The highest BCUT2D eigenvalue weighted by Crippen LogP contribution is 2.48. The van der Waals surface area contributed by atoms with Crippen molar-refractivity contribution >= 4 is 12.3 Å². The van der Waals surface area contributed by atoms with Gasteiger partial charge in [-0.1, -0.05) is 13.8 Å². The number of alkyl halides is 3. The van der Waals surface area contributed by atoms with Crippen LogP contribution in [0.15, 0.2) is 30.3 Å². The maximum atomic E-state index is 12.9. The molecule has 0 aliphatic carbocycles. The Morgan fingerprint density at radius 3 is 2.50 bits per heavy atom. The van der Waals surface area contributed by atoms with Crippen LogP contribution in [0, 0.1) is 0 Å². The minimum atomic E-state index is -4.93. The summed E-state index contributed by atoms with van der Waals surface area (Å²) >= 11 is 0. The highest BCUT2D eigenvalue weighted by Gasteiger charge is 2.37. The van der Waals surface area contributed by atoms with E-state index in [-0.39, 0.29) is 28.9 Å². The number of carbonyl (C=O) groups excluding carboxylic acids is 2. The quantitative estimate of drug-likeness (QED) is 0.564. The Bertz CT molecular complexity index is 948. The molecule has 0 N–H and O–H groups in total. The molecule has 28 heavy (non-hydrogen) atoms. The van der Waals surface area contributed by atoms with E-state index >= 15 is 0 Å². The highest BCUT2D eigenvalue weighted by atomic mass is 19.4. The normalized spacial score (nSPS) is 14.8. The van der Waals surface area contributed by atoms with Crippen LogP contribution in [0.3, 0.4) is 0 Å². The Morgan fingerprint density at radius 2 is 1.89 bits per heavy atom. The summed E-state index contributed by atoms with van der Waals surface area (Å²) in [5.41, 5.74) is 0.692. The van der Waals surface area contributed by atoms with E-state index in [9.17, 15) is 22.8 Å². The molecule has 3 rings (SSSR count). The fraction of sp³-hybridized carbons (Fsp3) is 0.300. The molecule has 2 aromatic rings. The topological polar surface area (TPSA) is 61.8 Å². The minimum absolute atomic E-state index is 0.0124. The number of esters is 1. The molecule has 1 aliphatic rings. The molecule has 1 heterocycles. The lowest BCUT2D eigenvalue weighted by Gasteiger charge is -2.18. The average molecular weight is 394 g/mol. The van der Waals surface area contributed by atoms with Crippen molar-refractivity contribution in [1.29, 1.82) is 0 Å². The largest absolute Gasteiger partial charge is 0.573 e. The molecule has 0 spiro atoms. The smallest absolute Gasteiger partial charge is 0.492 e. The summed E-state index contributed by atoms with van der Waals surface area (Å²) < 4.78 is 53.3. The monoisotopic (exact) mass is 394 g/mol. The van der Waals surface area contributed by atoms with Crippen LogP contribution in [0.5, 0.6) is 11.5 Å². The fourth-order valence-electron chi connectivity index (χ4n) is 3.10. The highest BCUT2D eigenvalue weighted by molar-refractivity contribution is 5.94. The lowest BCUT2D eigenvalue weighted by atomic mass is 9.84. The summed E-state index contributed by atoms with van der Waals surface area (Å²) in [5.74, 6) is -0.806. The third-order valence-corrected chi connectivity index (χ3v) is 4.47. The molecule has 8 heteroatoms. The first-order valence-electron chi connectivity index (χ1n) is 8.31. The standard InChI is InChI=1S/C20H17F3O5/c1-19(2)10-27-17-14(7-12(8-15(17)19)18(25)26-3)13-6-11(9-24)4-5-16(13)28-20(21,22)23/h4-9H,10H2,1-3H3. The molecule has 148 valence electrons. The number of carbonyl (C=O) groups is 2. The van der Waals surface area contributed by atoms with E-state index in [2.05, 4.69) is 4.74 Å². The van der Waals surface area contributed by atoms with Gasteiger partial charge in [-0.25, -0.2) is 4.79 Å². The number of halogens is 3. The van der Waals surface area contributed by atoms with E-state index in [1.807, 2.05) is 13.8 Å². The first-order chi connectivity index (χ1) is 13.1. The maximum Gasteiger partial charge on any atom is 0.573 e. The van der Waals surface area contributed by atoms with Gasteiger partial charge in [0.15, 0.2) is 0 Å². The van der Waals surface area contributed by atoms with Gasteiger partial charge in [0.25, 0.3) is 0 Å². The lowest BCUT2D eigenvalue weighted by Crippen LogP contribution is -2.18. The molecule has 5 nitrogen and oxygen atoms in total. The van der Waals surface area contributed by atoms with Gasteiger partial charge in [-0.05, 0) is 30.3 Å². The van der Waals surface area contributed by atoms with Crippen LogP contribution in [0.1, 0.15) is 40.1 Å². The van der Waals surface area contributed by atoms with Gasteiger partial charge in [0, 0.05) is 27.7 Å². The number of rotatable bonds is 4. The van der Waals surface area contributed by atoms with Crippen molar-refractivity contribution in [3.05, 3.63) is 47.0 Å². The predicted octanol–water partition coefficient (Wildman–Crippen LogP) is 4.52. The number of hydrogen-bond donors (Lipinski definition) is 0. The Hall–Kier alpha value is -3.03. The predicted molar refractivity (Wildman–Crippen MR) is 93.8 cm³/mol. The zero-order valence-corrected chi connectivity index (χ0v) is 15.3. The molecule has 0 fully saturated rings. The van der Waals surface area contributed by atoms with Crippen molar-refractivity contribution in [2.24, 2.45) is 0 Å². The summed E-state index contributed by atoms with van der Waals surface area (Å²) in [6.45, 7) is 4.06. The van der Waals surface area contributed by atoms with Crippen LogP contribution in [0.25, 0.3) is 11.1 Å². The summed E-state index contributed by atoms with van der Waals surface area (Å²) in [5, 5.41) is 0. The Labute approximate surface area is 159 Å². The van der Waals surface area contributed by atoms with Crippen molar-refractivity contribution in [3.8, 4) is 22.6 Å². The van der Waals surface area contributed by atoms with E-state index in [1.54, 1.807) is 6.07 Å². The van der Waals surface area contributed by atoms with Crippen LogP contribution >= 0.6 is 0 Å². The van der Waals surface area contributed by atoms with Crippen molar-refractivity contribution in [2.45, 2.75) is 25.6 Å². The van der Waals surface area contributed by atoms with Gasteiger partial charge < -0.3 is 14.2 Å². The van der Waals surface area contributed by atoms with Crippen molar-refractivity contribution < 1.29 is 37.0 Å². The Morgan fingerprint density at radius 1 is 1.18 bits per heavy atom. The maximum absolute atomic E-state index is 12.9. The zero-order chi connectivity index (χ0) is 20.7. The van der Waals surface area contributed by atoms with E-state index in [0.29, 0.717) is 17.6 Å². The van der Waals surface area contributed by atoms with Gasteiger partial charge in [-0.15, -0.1) is 13.2 Å². The fourth-order valence-corrected chi connectivity index (χ4v) is 3.10. The number of aldehydes is 1. The van der Waals surface area contributed by atoms with Crippen molar-refractivity contribution in [1.82, 2.24) is 0 Å². The van der Waals surface area contributed by atoms with E-state index < -0.39 is 23.5 Å². The summed E-state index contributed by atoms with van der Waals surface area (Å²) in [6.07, 6.45) is -4.42. The molecule has 0 amide bonds. The van der Waals surface area contributed by atoms with E-state index in [1.165, 1.54) is 25.3 Å². The number of methoxy groups -OCH3 is 1. The minimum Gasteiger partial charge on any atom is -0.492 e.